The van der Waals surface area contributed by atoms with Crippen LogP contribution < -0.4 is 10.1 Å². The molecule has 7 heteroatoms. The third kappa shape index (κ3) is 4.62. The van der Waals surface area contributed by atoms with Gasteiger partial charge in [-0.05, 0) is 35.9 Å². The average Bonchev–Trinajstić information content (AvgIpc) is 2.72. The van der Waals surface area contributed by atoms with Gasteiger partial charge in [0.05, 0.1) is 26.9 Å². The Morgan fingerprint density at radius 1 is 1.19 bits per heavy atom. The molecule has 27 heavy (non-hydrogen) atoms. The van der Waals surface area contributed by atoms with Gasteiger partial charge in [-0.15, -0.1) is 0 Å². The van der Waals surface area contributed by atoms with E-state index in [1.165, 1.54) is 19.2 Å². The van der Waals surface area contributed by atoms with Crippen LogP contribution in [0.15, 0.2) is 42.5 Å². The quantitative estimate of drug-likeness (QED) is 0.873. The van der Waals surface area contributed by atoms with Crippen LogP contribution in [-0.4, -0.2) is 56.7 Å². The van der Waals surface area contributed by atoms with E-state index < -0.39 is 5.82 Å². The van der Waals surface area contributed by atoms with Crippen molar-refractivity contribution in [2.75, 3.05) is 40.0 Å². The minimum atomic E-state index is -0.392. The lowest BCUT2D eigenvalue weighted by atomic mass is 10.0. The van der Waals surface area contributed by atoms with Crippen molar-refractivity contribution in [3.8, 4) is 16.9 Å². The SMILES string of the molecule is COc1ccc(F)cc1-c1cccc(C(=O)NCC(=O)N2CCOCC2)c1. The second-order valence-electron chi connectivity index (χ2n) is 6.10. The summed E-state index contributed by atoms with van der Waals surface area (Å²) in [7, 11) is 1.50. The lowest BCUT2D eigenvalue weighted by Gasteiger charge is -2.26. The Bertz CT molecular complexity index is 834. The Morgan fingerprint density at radius 3 is 2.70 bits per heavy atom. The zero-order valence-electron chi connectivity index (χ0n) is 15.0. The highest BCUT2D eigenvalue weighted by Gasteiger charge is 2.18. The molecule has 2 aromatic rings. The first-order valence-electron chi connectivity index (χ1n) is 8.66. The molecule has 2 amide bonds. The Labute approximate surface area is 156 Å². The van der Waals surface area contributed by atoms with Crippen LogP contribution >= 0.6 is 0 Å². The number of hydrogen-bond acceptors (Lipinski definition) is 4. The number of amides is 2. The number of hydrogen-bond donors (Lipinski definition) is 1. The zero-order chi connectivity index (χ0) is 19.2. The monoisotopic (exact) mass is 372 g/mol. The summed E-state index contributed by atoms with van der Waals surface area (Å²) in [5.74, 6) is -0.392. The van der Waals surface area contributed by atoms with E-state index in [1.54, 1.807) is 35.2 Å². The van der Waals surface area contributed by atoms with Crippen LogP contribution in [0.5, 0.6) is 5.75 Å². The maximum absolute atomic E-state index is 13.6. The van der Waals surface area contributed by atoms with Crippen LogP contribution in [0.2, 0.25) is 0 Å². The van der Waals surface area contributed by atoms with Crippen molar-refractivity contribution in [1.29, 1.82) is 0 Å². The fraction of sp³-hybridized carbons (Fsp3) is 0.300. The predicted molar refractivity (Wildman–Crippen MR) is 98.1 cm³/mol. The molecule has 0 radical (unpaired) electrons. The number of carbonyl (C=O) groups is 2. The van der Waals surface area contributed by atoms with E-state index in [-0.39, 0.29) is 18.4 Å². The summed E-state index contributed by atoms with van der Waals surface area (Å²) in [6.07, 6.45) is 0. The third-order valence-electron chi connectivity index (χ3n) is 4.36. The Hall–Kier alpha value is -2.93. The molecule has 0 aromatic heterocycles. The van der Waals surface area contributed by atoms with Gasteiger partial charge in [0, 0.05) is 24.2 Å². The van der Waals surface area contributed by atoms with Gasteiger partial charge in [-0.3, -0.25) is 9.59 Å². The van der Waals surface area contributed by atoms with Crippen LogP contribution in [0.4, 0.5) is 4.39 Å². The Balaban J connectivity index is 1.70. The first-order chi connectivity index (χ1) is 13.1. The highest BCUT2D eigenvalue weighted by molar-refractivity contribution is 5.97. The molecule has 1 heterocycles. The van der Waals surface area contributed by atoms with Gasteiger partial charge >= 0.3 is 0 Å². The molecular formula is C20H21FN2O4. The highest BCUT2D eigenvalue weighted by atomic mass is 19.1. The summed E-state index contributed by atoms with van der Waals surface area (Å²) < 4.78 is 24.1. The molecule has 1 saturated heterocycles. The molecule has 142 valence electrons. The molecular weight excluding hydrogens is 351 g/mol. The third-order valence-corrected chi connectivity index (χ3v) is 4.36. The second-order valence-corrected chi connectivity index (χ2v) is 6.10. The van der Waals surface area contributed by atoms with E-state index in [0.717, 1.165) is 0 Å². The number of nitrogens with one attached hydrogen (secondary N) is 1. The van der Waals surface area contributed by atoms with Crippen molar-refractivity contribution < 1.29 is 23.5 Å². The number of nitrogens with zero attached hydrogens (tertiary/aromatic N) is 1. The van der Waals surface area contributed by atoms with Gasteiger partial charge in [0.15, 0.2) is 0 Å². The van der Waals surface area contributed by atoms with Crippen LogP contribution in [0.1, 0.15) is 10.4 Å². The van der Waals surface area contributed by atoms with Crippen molar-refractivity contribution in [2.45, 2.75) is 0 Å². The van der Waals surface area contributed by atoms with Crippen LogP contribution in [-0.2, 0) is 9.53 Å². The minimum Gasteiger partial charge on any atom is -0.496 e. The standard InChI is InChI=1S/C20H21FN2O4/c1-26-18-6-5-16(21)12-17(18)14-3-2-4-15(11-14)20(25)22-13-19(24)23-7-9-27-10-8-23/h2-6,11-12H,7-10,13H2,1H3,(H,22,25). The lowest BCUT2D eigenvalue weighted by Crippen LogP contribution is -2.45. The Kier molecular flexibility index (Phi) is 6.03. The molecule has 2 aromatic carbocycles. The molecule has 1 N–H and O–H groups in total. The fourth-order valence-electron chi connectivity index (χ4n) is 2.92. The summed E-state index contributed by atoms with van der Waals surface area (Å²) in [6, 6.07) is 11.0. The predicted octanol–water partition coefficient (Wildman–Crippen LogP) is 2.09. The van der Waals surface area contributed by atoms with Crippen molar-refractivity contribution in [3.63, 3.8) is 0 Å². The van der Waals surface area contributed by atoms with Gasteiger partial charge in [-0.1, -0.05) is 12.1 Å². The number of morpholine rings is 1. The molecule has 0 atom stereocenters. The largest absolute Gasteiger partial charge is 0.496 e. The molecule has 3 rings (SSSR count). The summed E-state index contributed by atoms with van der Waals surface area (Å²) in [5, 5.41) is 2.64. The van der Waals surface area contributed by atoms with Crippen molar-refractivity contribution in [1.82, 2.24) is 10.2 Å². The molecule has 0 spiro atoms. The number of carbonyl (C=O) groups excluding carboxylic acids is 2. The van der Waals surface area contributed by atoms with E-state index in [1.807, 2.05) is 0 Å². The summed E-state index contributed by atoms with van der Waals surface area (Å²) in [5.41, 5.74) is 1.59. The van der Waals surface area contributed by atoms with E-state index in [0.29, 0.717) is 48.7 Å². The summed E-state index contributed by atoms with van der Waals surface area (Å²) in [4.78, 5) is 26.2. The number of rotatable bonds is 5. The van der Waals surface area contributed by atoms with Crippen molar-refractivity contribution in [2.24, 2.45) is 0 Å². The lowest BCUT2D eigenvalue weighted by molar-refractivity contribution is -0.134. The summed E-state index contributed by atoms with van der Waals surface area (Å²) in [6.45, 7) is 2.01. The number of halogens is 1. The molecule has 1 aliphatic heterocycles. The van der Waals surface area contributed by atoms with Gasteiger partial charge in [-0.2, -0.15) is 0 Å². The number of methoxy groups -OCH3 is 1. The van der Waals surface area contributed by atoms with Gasteiger partial charge < -0.3 is 19.7 Å². The normalized spacial score (nSPS) is 13.9. The van der Waals surface area contributed by atoms with Gasteiger partial charge in [0.1, 0.15) is 11.6 Å². The molecule has 1 aliphatic rings. The average molecular weight is 372 g/mol. The van der Waals surface area contributed by atoms with Crippen LogP contribution in [0, 0.1) is 5.82 Å². The first kappa shape index (κ1) is 18.8. The first-order valence-corrected chi connectivity index (χ1v) is 8.66. The van der Waals surface area contributed by atoms with Gasteiger partial charge in [0.2, 0.25) is 5.91 Å². The van der Waals surface area contributed by atoms with E-state index in [9.17, 15) is 14.0 Å². The van der Waals surface area contributed by atoms with Crippen molar-refractivity contribution >= 4 is 11.8 Å². The smallest absolute Gasteiger partial charge is 0.251 e. The van der Waals surface area contributed by atoms with E-state index >= 15 is 0 Å². The zero-order valence-corrected chi connectivity index (χ0v) is 15.0. The molecule has 0 aliphatic carbocycles. The van der Waals surface area contributed by atoms with E-state index in [4.69, 9.17) is 9.47 Å². The maximum Gasteiger partial charge on any atom is 0.251 e. The topological polar surface area (TPSA) is 67.9 Å². The van der Waals surface area contributed by atoms with Crippen molar-refractivity contribution in [3.05, 3.63) is 53.8 Å². The molecule has 6 nitrogen and oxygen atoms in total. The second kappa shape index (κ2) is 8.64. The summed E-state index contributed by atoms with van der Waals surface area (Å²) >= 11 is 0. The molecule has 0 bridgehead atoms. The molecule has 0 unspecified atom stereocenters. The van der Waals surface area contributed by atoms with Gasteiger partial charge in [-0.25, -0.2) is 4.39 Å². The fourth-order valence-corrected chi connectivity index (χ4v) is 2.92. The van der Waals surface area contributed by atoms with Crippen LogP contribution in [0.25, 0.3) is 11.1 Å². The maximum atomic E-state index is 13.6. The highest BCUT2D eigenvalue weighted by Crippen LogP contribution is 2.31. The number of benzene rings is 2. The molecule has 0 saturated carbocycles. The van der Waals surface area contributed by atoms with Gasteiger partial charge in [0.25, 0.3) is 5.91 Å². The van der Waals surface area contributed by atoms with E-state index in [2.05, 4.69) is 5.32 Å². The molecule has 1 fully saturated rings. The minimum absolute atomic E-state index is 0.0770. The number of ether oxygens (including phenoxy) is 2. The Morgan fingerprint density at radius 2 is 1.96 bits per heavy atom. The van der Waals surface area contributed by atoms with Crippen LogP contribution in [0.3, 0.4) is 0 Å².